The van der Waals surface area contributed by atoms with Crippen molar-refractivity contribution in [2.45, 2.75) is 31.6 Å². The first-order chi connectivity index (χ1) is 7.77. The molecule has 4 N–H and O–H groups in total. The van der Waals surface area contributed by atoms with Crippen LogP contribution < -0.4 is 11.5 Å². The molecule has 0 saturated carbocycles. The lowest BCUT2D eigenvalue weighted by Crippen LogP contribution is -2.41. The van der Waals surface area contributed by atoms with Crippen LogP contribution in [0.5, 0.6) is 0 Å². The molecular formula is C9H13F3N4O. The molecule has 0 aliphatic rings. The van der Waals surface area contributed by atoms with E-state index in [2.05, 4.69) is 5.10 Å². The molecule has 0 bridgehead atoms. The molecule has 1 aromatic heterocycles. The van der Waals surface area contributed by atoms with E-state index in [0.717, 1.165) is 12.4 Å². The van der Waals surface area contributed by atoms with Crippen molar-refractivity contribution in [2.75, 3.05) is 0 Å². The molecule has 1 heterocycles. The van der Waals surface area contributed by atoms with Gasteiger partial charge in [-0.15, -0.1) is 0 Å². The number of nitrogens with two attached hydrogens (primary N) is 2. The Kier molecular flexibility index (Phi) is 3.76. The van der Waals surface area contributed by atoms with Crippen molar-refractivity contribution in [2.24, 2.45) is 11.5 Å². The minimum Gasteiger partial charge on any atom is -0.366 e. The first kappa shape index (κ1) is 13.5. The largest absolute Gasteiger partial charge is 0.412 e. The van der Waals surface area contributed by atoms with Gasteiger partial charge in [0.1, 0.15) is 0 Å². The maximum Gasteiger partial charge on any atom is 0.412 e. The Morgan fingerprint density at radius 3 is 2.53 bits per heavy atom. The molecule has 5 nitrogen and oxygen atoms in total. The molecular weight excluding hydrogens is 237 g/mol. The van der Waals surface area contributed by atoms with Crippen LogP contribution in [0, 0.1) is 0 Å². The number of hydrogen-bond donors (Lipinski definition) is 2. The molecule has 17 heavy (non-hydrogen) atoms. The second-order valence-corrected chi connectivity index (χ2v) is 3.63. The lowest BCUT2D eigenvalue weighted by Gasteiger charge is -2.25. The van der Waals surface area contributed by atoms with Crippen molar-refractivity contribution in [3.05, 3.63) is 18.0 Å². The Labute approximate surface area is 95.6 Å². The highest BCUT2D eigenvalue weighted by Crippen LogP contribution is 2.33. The van der Waals surface area contributed by atoms with Crippen LogP contribution in [-0.2, 0) is 0 Å². The van der Waals surface area contributed by atoms with E-state index in [1.807, 2.05) is 0 Å². The predicted molar refractivity (Wildman–Crippen MR) is 54.1 cm³/mol. The minimum absolute atomic E-state index is 0.0810. The Balaban J connectivity index is 3.09. The molecule has 0 aromatic carbocycles. The SMILES string of the molecule is CCC(N)C(n1cc(C(N)=O)cn1)C(F)(F)F. The lowest BCUT2D eigenvalue weighted by molar-refractivity contribution is -0.175. The Hall–Kier alpha value is -1.57. The van der Waals surface area contributed by atoms with Gasteiger partial charge in [-0.2, -0.15) is 18.3 Å². The van der Waals surface area contributed by atoms with Crippen LogP contribution in [0.1, 0.15) is 29.7 Å². The Morgan fingerprint density at radius 1 is 1.59 bits per heavy atom. The fraction of sp³-hybridized carbons (Fsp3) is 0.556. The van der Waals surface area contributed by atoms with Gasteiger partial charge in [-0.3, -0.25) is 9.48 Å². The summed E-state index contributed by atoms with van der Waals surface area (Å²) in [6.07, 6.45) is -2.45. The molecule has 0 saturated heterocycles. The summed E-state index contributed by atoms with van der Waals surface area (Å²) >= 11 is 0. The fourth-order valence-electron chi connectivity index (χ4n) is 1.43. The number of alkyl halides is 3. The van der Waals surface area contributed by atoms with Crippen LogP contribution in [-0.4, -0.2) is 27.9 Å². The van der Waals surface area contributed by atoms with E-state index in [1.54, 1.807) is 6.92 Å². The van der Waals surface area contributed by atoms with Gasteiger partial charge >= 0.3 is 6.18 Å². The number of carbonyl (C=O) groups is 1. The average molecular weight is 250 g/mol. The number of halogens is 3. The summed E-state index contributed by atoms with van der Waals surface area (Å²) in [7, 11) is 0. The molecule has 0 radical (unpaired) electrons. The number of rotatable bonds is 4. The summed E-state index contributed by atoms with van der Waals surface area (Å²) in [5.74, 6) is -0.831. The van der Waals surface area contributed by atoms with Crippen molar-refractivity contribution in [1.82, 2.24) is 9.78 Å². The number of hydrogen-bond acceptors (Lipinski definition) is 3. The molecule has 2 unspecified atom stereocenters. The van der Waals surface area contributed by atoms with Crippen molar-refractivity contribution >= 4 is 5.91 Å². The summed E-state index contributed by atoms with van der Waals surface area (Å²) < 4.78 is 39.0. The van der Waals surface area contributed by atoms with Gasteiger partial charge in [-0.05, 0) is 6.42 Å². The van der Waals surface area contributed by atoms with Crippen LogP contribution in [0.3, 0.4) is 0 Å². The zero-order valence-electron chi connectivity index (χ0n) is 9.11. The molecule has 1 aromatic rings. The normalized spacial score (nSPS) is 15.6. The van der Waals surface area contributed by atoms with Crippen molar-refractivity contribution in [3.63, 3.8) is 0 Å². The van der Waals surface area contributed by atoms with Gasteiger partial charge in [0.15, 0.2) is 6.04 Å². The molecule has 96 valence electrons. The van der Waals surface area contributed by atoms with E-state index < -0.39 is 24.2 Å². The first-order valence-corrected chi connectivity index (χ1v) is 4.93. The average Bonchev–Trinajstić information content (AvgIpc) is 2.64. The second-order valence-electron chi connectivity index (χ2n) is 3.63. The van der Waals surface area contributed by atoms with Gasteiger partial charge in [0.2, 0.25) is 0 Å². The third-order valence-electron chi connectivity index (χ3n) is 2.38. The fourth-order valence-corrected chi connectivity index (χ4v) is 1.43. The van der Waals surface area contributed by atoms with Crippen LogP contribution in [0.2, 0.25) is 0 Å². The first-order valence-electron chi connectivity index (χ1n) is 4.93. The van der Waals surface area contributed by atoms with Gasteiger partial charge in [-0.1, -0.05) is 6.92 Å². The number of nitrogens with zero attached hydrogens (tertiary/aromatic N) is 2. The number of primary amides is 1. The maximum absolute atomic E-state index is 12.8. The quantitative estimate of drug-likeness (QED) is 0.829. The monoisotopic (exact) mass is 250 g/mol. The van der Waals surface area contributed by atoms with E-state index in [-0.39, 0.29) is 12.0 Å². The molecule has 0 fully saturated rings. The standard InChI is InChI=1S/C9H13F3N4O/c1-2-6(13)7(9(10,11)12)16-4-5(3-15-16)8(14)17/h3-4,6-7H,2,13H2,1H3,(H2,14,17). The highest BCUT2D eigenvalue weighted by Gasteiger charge is 2.45. The molecule has 0 aliphatic heterocycles. The maximum atomic E-state index is 12.8. The van der Waals surface area contributed by atoms with E-state index in [0.29, 0.717) is 4.68 Å². The topological polar surface area (TPSA) is 86.9 Å². The second kappa shape index (κ2) is 4.74. The molecule has 0 aliphatic carbocycles. The van der Waals surface area contributed by atoms with Crippen LogP contribution in [0.4, 0.5) is 13.2 Å². The van der Waals surface area contributed by atoms with Crippen LogP contribution >= 0.6 is 0 Å². The van der Waals surface area contributed by atoms with Gasteiger partial charge in [0, 0.05) is 12.2 Å². The van der Waals surface area contributed by atoms with E-state index in [9.17, 15) is 18.0 Å². The summed E-state index contributed by atoms with van der Waals surface area (Å²) in [4.78, 5) is 10.8. The number of amides is 1. The Bertz CT molecular complexity index is 401. The van der Waals surface area contributed by atoms with Crippen LogP contribution in [0.25, 0.3) is 0 Å². The Morgan fingerprint density at radius 2 is 2.18 bits per heavy atom. The van der Waals surface area contributed by atoms with E-state index in [4.69, 9.17) is 11.5 Å². The van der Waals surface area contributed by atoms with Crippen molar-refractivity contribution < 1.29 is 18.0 Å². The van der Waals surface area contributed by atoms with E-state index in [1.165, 1.54) is 0 Å². The number of carbonyl (C=O) groups excluding carboxylic acids is 1. The molecule has 1 rings (SSSR count). The zero-order chi connectivity index (χ0) is 13.2. The van der Waals surface area contributed by atoms with Gasteiger partial charge in [-0.25, -0.2) is 0 Å². The summed E-state index contributed by atoms with van der Waals surface area (Å²) in [6.45, 7) is 1.54. The molecule has 0 spiro atoms. The minimum atomic E-state index is -4.53. The van der Waals surface area contributed by atoms with E-state index >= 15 is 0 Å². The van der Waals surface area contributed by atoms with Gasteiger partial charge < -0.3 is 11.5 Å². The summed E-state index contributed by atoms with van der Waals surface area (Å²) in [6, 6.07) is -3.09. The lowest BCUT2D eigenvalue weighted by atomic mass is 10.1. The smallest absolute Gasteiger partial charge is 0.366 e. The van der Waals surface area contributed by atoms with Crippen molar-refractivity contribution in [3.8, 4) is 0 Å². The zero-order valence-corrected chi connectivity index (χ0v) is 9.11. The predicted octanol–water partition coefficient (Wildman–Crippen LogP) is 0.823. The van der Waals surface area contributed by atoms with Crippen LogP contribution in [0.15, 0.2) is 12.4 Å². The highest BCUT2D eigenvalue weighted by molar-refractivity contribution is 5.92. The summed E-state index contributed by atoms with van der Waals surface area (Å²) in [5.41, 5.74) is 10.3. The molecule has 1 amide bonds. The van der Waals surface area contributed by atoms with Crippen molar-refractivity contribution in [1.29, 1.82) is 0 Å². The third kappa shape index (κ3) is 2.96. The highest BCUT2D eigenvalue weighted by atomic mass is 19.4. The van der Waals surface area contributed by atoms with Gasteiger partial charge in [0.25, 0.3) is 5.91 Å². The van der Waals surface area contributed by atoms with Gasteiger partial charge in [0.05, 0.1) is 11.8 Å². The third-order valence-corrected chi connectivity index (χ3v) is 2.38. The molecule has 8 heteroatoms. The number of aromatic nitrogens is 2. The summed E-state index contributed by atoms with van der Waals surface area (Å²) in [5, 5.41) is 3.49. The molecule has 2 atom stereocenters.